The van der Waals surface area contributed by atoms with Crippen LogP contribution in [0.15, 0.2) is 24.2 Å². The maximum absolute atomic E-state index is 11.9. The minimum atomic E-state index is -3.76. The van der Waals surface area contributed by atoms with Crippen LogP contribution in [0.4, 0.5) is 5.82 Å². The zero-order valence-corrected chi connectivity index (χ0v) is 16.0. The summed E-state index contributed by atoms with van der Waals surface area (Å²) in [6.45, 7) is 4.72. The standard InChI is InChI=1S/C15H22N5O6P/c1-4-27(23,24)26-15(2,3)5-8-10(21)11(22)14(25-8)20-7-19-9-12(16)17-6-18-13(9)20/h6-7,11,14,21-22H,4-5H2,1-3H3,(H,23,24)(H2,16,17,18)/t11?,14-/m1/s1. The molecule has 148 valence electrons. The zero-order chi connectivity index (χ0) is 20.0. The van der Waals surface area contributed by atoms with Gasteiger partial charge in [-0.2, -0.15) is 0 Å². The fourth-order valence-electron chi connectivity index (χ4n) is 2.84. The van der Waals surface area contributed by atoms with Gasteiger partial charge in [0.15, 0.2) is 23.3 Å². The molecule has 0 spiro atoms. The van der Waals surface area contributed by atoms with Crippen LogP contribution >= 0.6 is 7.60 Å². The molecule has 12 heteroatoms. The second-order valence-electron chi connectivity index (χ2n) is 6.83. The van der Waals surface area contributed by atoms with Crippen molar-refractivity contribution in [1.29, 1.82) is 0 Å². The van der Waals surface area contributed by atoms with Gasteiger partial charge in [-0.1, -0.05) is 6.92 Å². The van der Waals surface area contributed by atoms with Crippen molar-refractivity contribution in [3.63, 3.8) is 0 Å². The molecule has 0 radical (unpaired) electrons. The van der Waals surface area contributed by atoms with Crippen molar-refractivity contribution < 1.29 is 28.9 Å². The van der Waals surface area contributed by atoms with E-state index >= 15 is 0 Å². The summed E-state index contributed by atoms with van der Waals surface area (Å²) in [6.07, 6.45) is 0.154. The molecule has 0 bridgehead atoms. The summed E-state index contributed by atoms with van der Waals surface area (Å²) in [5.41, 5.74) is 5.32. The number of nitrogens with two attached hydrogens (primary N) is 1. The molecule has 27 heavy (non-hydrogen) atoms. The van der Waals surface area contributed by atoms with E-state index in [9.17, 15) is 19.7 Å². The van der Waals surface area contributed by atoms with E-state index in [2.05, 4.69) is 15.0 Å². The van der Waals surface area contributed by atoms with Gasteiger partial charge in [-0.25, -0.2) is 15.0 Å². The molecule has 0 fully saturated rings. The molecule has 3 heterocycles. The normalized spacial score (nSPS) is 22.9. The Kier molecular flexibility index (Phi) is 4.89. The molecule has 0 aliphatic carbocycles. The minimum absolute atomic E-state index is 0.0271. The Bertz CT molecular complexity index is 942. The van der Waals surface area contributed by atoms with Gasteiger partial charge in [0.05, 0.1) is 5.60 Å². The lowest BCUT2D eigenvalue weighted by Gasteiger charge is -2.28. The highest BCUT2D eigenvalue weighted by Gasteiger charge is 2.41. The molecule has 0 aromatic carbocycles. The quantitative estimate of drug-likeness (QED) is 0.522. The summed E-state index contributed by atoms with van der Waals surface area (Å²) < 4.78 is 24.3. The van der Waals surface area contributed by atoms with E-state index in [1.54, 1.807) is 13.8 Å². The summed E-state index contributed by atoms with van der Waals surface area (Å²) in [4.78, 5) is 21.8. The van der Waals surface area contributed by atoms with Gasteiger partial charge in [0.25, 0.3) is 0 Å². The molecule has 1 aliphatic rings. The third kappa shape index (κ3) is 3.77. The number of aliphatic hydroxyl groups is 2. The van der Waals surface area contributed by atoms with Crippen LogP contribution in [0.5, 0.6) is 0 Å². The van der Waals surface area contributed by atoms with Crippen LogP contribution in [0.25, 0.3) is 11.2 Å². The lowest BCUT2D eigenvalue weighted by atomic mass is 10.0. The van der Waals surface area contributed by atoms with Crippen LogP contribution < -0.4 is 5.73 Å². The average molecular weight is 399 g/mol. The predicted molar refractivity (Wildman–Crippen MR) is 95.7 cm³/mol. The Morgan fingerprint density at radius 1 is 1.41 bits per heavy atom. The van der Waals surface area contributed by atoms with Gasteiger partial charge in [0, 0.05) is 12.6 Å². The monoisotopic (exact) mass is 399 g/mol. The maximum Gasteiger partial charge on any atom is 0.328 e. The van der Waals surface area contributed by atoms with Crippen LogP contribution in [-0.2, 0) is 13.8 Å². The predicted octanol–water partition coefficient (Wildman–Crippen LogP) is 1.46. The van der Waals surface area contributed by atoms with Crippen molar-refractivity contribution in [2.24, 2.45) is 0 Å². The van der Waals surface area contributed by atoms with Crippen molar-refractivity contribution in [2.75, 3.05) is 11.9 Å². The molecule has 2 aromatic rings. The number of ether oxygens (including phenoxy) is 1. The molecule has 1 aliphatic heterocycles. The number of fused-ring (bicyclic) bond motifs is 1. The highest BCUT2D eigenvalue weighted by Crippen LogP contribution is 2.48. The van der Waals surface area contributed by atoms with Crippen LogP contribution in [0, 0.1) is 0 Å². The first-order valence-electron chi connectivity index (χ1n) is 8.27. The van der Waals surface area contributed by atoms with Gasteiger partial charge in [-0.15, -0.1) is 0 Å². The van der Waals surface area contributed by atoms with Gasteiger partial charge in [0.1, 0.15) is 23.9 Å². The Morgan fingerprint density at radius 2 is 2.11 bits per heavy atom. The number of nitrogen functional groups attached to an aromatic ring is 1. The Morgan fingerprint density at radius 3 is 2.78 bits per heavy atom. The highest BCUT2D eigenvalue weighted by atomic mass is 31.2. The van der Waals surface area contributed by atoms with E-state index in [4.69, 9.17) is 15.0 Å². The molecule has 0 saturated carbocycles. The average Bonchev–Trinajstić information content (AvgIpc) is 3.11. The van der Waals surface area contributed by atoms with Gasteiger partial charge >= 0.3 is 7.60 Å². The van der Waals surface area contributed by atoms with E-state index in [0.29, 0.717) is 11.2 Å². The van der Waals surface area contributed by atoms with Gasteiger partial charge in [0.2, 0.25) is 6.23 Å². The molecule has 2 unspecified atom stereocenters. The molecule has 0 amide bonds. The first-order chi connectivity index (χ1) is 12.5. The summed E-state index contributed by atoms with van der Waals surface area (Å²) in [5, 5.41) is 20.7. The number of aliphatic hydroxyl groups excluding tert-OH is 2. The number of nitrogens with zero attached hydrogens (tertiary/aromatic N) is 4. The first-order valence-corrected chi connectivity index (χ1v) is 10.0. The van der Waals surface area contributed by atoms with Gasteiger partial charge in [-0.3, -0.25) is 9.13 Å². The molecule has 3 atom stereocenters. The van der Waals surface area contributed by atoms with Crippen LogP contribution in [-0.4, -0.2) is 52.5 Å². The smallest absolute Gasteiger partial charge is 0.328 e. The number of rotatable bonds is 6. The number of hydrogen-bond donors (Lipinski definition) is 4. The van der Waals surface area contributed by atoms with Crippen LogP contribution in [0.3, 0.4) is 0 Å². The van der Waals surface area contributed by atoms with Crippen molar-refractivity contribution in [3.8, 4) is 0 Å². The molecule has 3 rings (SSSR count). The van der Waals surface area contributed by atoms with E-state index in [1.807, 2.05) is 0 Å². The molecule has 2 aromatic heterocycles. The molecule has 0 saturated heterocycles. The second-order valence-corrected chi connectivity index (χ2v) is 8.92. The SMILES string of the molecule is CCP(=O)(O)OC(C)(C)CC1=C(O)C(O)[C@H](n2cnc3c(N)ncnc32)O1. The number of hydrogen-bond acceptors (Lipinski definition) is 9. The lowest BCUT2D eigenvalue weighted by molar-refractivity contribution is -0.0160. The van der Waals surface area contributed by atoms with Crippen molar-refractivity contribution >= 4 is 24.6 Å². The summed E-state index contributed by atoms with van der Waals surface area (Å²) in [5.74, 6) is -0.154. The third-order valence-electron chi connectivity index (χ3n) is 4.14. The second kappa shape index (κ2) is 6.75. The van der Waals surface area contributed by atoms with Gasteiger partial charge < -0.3 is 30.1 Å². The summed E-state index contributed by atoms with van der Waals surface area (Å²) in [7, 11) is -3.76. The topological polar surface area (TPSA) is 166 Å². The van der Waals surface area contributed by atoms with Gasteiger partial charge in [-0.05, 0) is 13.8 Å². The molecular formula is C15H22N5O6P. The first kappa shape index (κ1) is 19.6. The van der Waals surface area contributed by atoms with Crippen molar-refractivity contribution in [1.82, 2.24) is 19.5 Å². The largest absolute Gasteiger partial charge is 0.506 e. The fourth-order valence-corrected chi connectivity index (χ4v) is 3.80. The maximum atomic E-state index is 11.9. The molecule has 11 nitrogen and oxygen atoms in total. The minimum Gasteiger partial charge on any atom is -0.506 e. The van der Waals surface area contributed by atoms with E-state index in [0.717, 1.165) is 0 Å². The third-order valence-corrected chi connectivity index (χ3v) is 5.71. The molecular weight excluding hydrogens is 377 g/mol. The summed E-state index contributed by atoms with van der Waals surface area (Å²) in [6, 6.07) is 0. The fraction of sp³-hybridized carbons (Fsp3) is 0.533. The number of anilines is 1. The van der Waals surface area contributed by atoms with Crippen molar-refractivity contribution in [2.45, 2.75) is 45.1 Å². The zero-order valence-electron chi connectivity index (χ0n) is 15.1. The Balaban J connectivity index is 1.84. The van der Waals surface area contributed by atoms with E-state index in [1.165, 1.54) is 24.1 Å². The number of aromatic nitrogens is 4. The lowest BCUT2D eigenvalue weighted by Crippen LogP contribution is -2.25. The van der Waals surface area contributed by atoms with E-state index < -0.39 is 25.5 Å². The van der Waals surface area contributed by atoms with E-state index in [-0.39, 0.29) is 29.9 Å². The Labute approximate surface area is 155 Å². The molecule has 5 N–H and O–H groups in total. The highest BCUT2D eigenvalue weighted by molar-refractivity contribution is 7.52. The van der Waals surface area contributed by atoms with Crippen LogP contribution in [0.1, 0.15) is 33.4 Å². The summed E-state index contributed by atoms with van der Waals surface area (Å²) >= 11 is 0. The number of imidazole rings is 1. The van der Waals surface area contributed by atoms with Crippen LogP contribution in [0.2, 0.25) is 0 Å². The van der Waals surface area contributed by atoms with Crippen molar-refractivity contribution in [3.05, 3.63) is 24.2 Å². The Hall–Kier alpha value is -2.20.